The second kappa shape index (κ2) is 8.11. The van der Waals surface area contributed by atoms with Crippen molar-refractivity contribution >= 4 is 17.2 Å². The predicted octanol–water partition coefficient (Wildman–Crippen LogP) is 2.02. The molecule has 3 rings (SSSR count). The van der Waals surface area contributed by atoms with E-state index in [1.165, 1.54) is 11.3 Å². The van der Waals surface area contributed by atoms with Crippen LogP contribution in [0.25, 0.3) is 10.6 Å². The average Bonchev–Trinajstić information content (AvgIpc) is 3.27. The predicted molar refractivity (Wildman–Crippen MR) is 99.3 cm³/mol. The van der Waals surface area contributed by atoms with Crippen LogP contribution in [0.4, 0.5) is 0 Å². The Balaban J connectivity index is 1.48. The van der Waals surface area contributed by atoms with Crippen LogP contribution in [0.15, 0.2) is 42.0 Å². The molecule has 0 aliphatic carbocycles. The summed E-state index contributed by atoms with van der Waals surface area (Å²) < 4.78 is 7.21. The molecule has 2 N–H and O–H groups in total. The van der Waals surface area contributed by atoms with Gasteiger partial charge in [-0.15, -0.1) is 11.3 Å². The molecule has 0 unspecified atom stereocenters. The molecular formula is C18H20N4O3S. The topological polar surface area (TPSA) is 89.3 Å². The first-order valence-corrected chi connectivity index (χ1v) is 8.99. The van der Waals surface area contributed by atoms with E-state index in [4.69, 9.17) is 4.74 Å². The van der Waals surface area contributed by atoms with Gasteiger partial charge < -0.3 is 15.2 Å². The minimum atomic E-state index is -0.809. The third-order valence-corrected chi connectivity index (χ3v) is 4.51. The fraction of sp³-hybridized carbons (Fsp3) is 0.278. The minimum Gasteiger partial charge on any atom is -0.491 e. The van der Waals surface area contributed by atoms with Crippen molar-refractivity contribution in [1.29, 1.82) is 0 Å². The Morgan fingerprint density at radius 1 is 1.46 bits per heavy atom. The third-order valence-electron chi connectivity index (χ3n) is 3.62. The van der Waals surface area contributed by atoms with Crippen molar-refractivity contribution < 1.29 is 14.6 Å². The van der Waals surface area contributed by atoms with Gasteiger partial charge in [0.1, 0.15) is 29.2 Å². The molecule has 0 saturated heterocycles. The zero-order valence-corrected chi connectivity index (χ0v) is 15.4. The number of benzene rings is 1. The molecule has 0 saturated carbocycles. The maximum absolute atomic E-state index is 12.2. The van der Waals surface area contributed by atoms with Crippen molar-refractivity contribution in [2.45, 2.75) is 13.0 Å². The first-order valence-electron chi connectivity index (χ1n) is 8.11. The summed E-state index contributed by atoms with van der Waals surface area (Å²) in [5, 5.41) is 19.2. The molecule has 1 amide bonds. The molecule has 3 aromatic rings. The van der Waals surface area contributed by atoms with E-state index in [1.54, 1.807) is 16.3 Å². The van der Waals surface area contributed by atoms with Crippen LogP contribution in [0.3, 0.4) is 0 Å². The summed E-state index contributed by atoms with van der Waals surface area (Å²) in [5.74, 6) is 0.363. The molecule has 1 atom stereocenters. The second-order valence-corrected chi connectivity index (χ2v) is 6.79. The van der Waals surface area contributed by atoms with Gasteiger partial charge in [0.05, 0.1) is 6.20 Å². The number of amides is 1. The Labute approximate surface area is 155 Å². The van der Waals surface area contributed by atoms with Gasteiger partial charge in [0.2, 0.25) is 0 Å². The van der Waals surface area contributed by atoms with Crippen molar-refractivity contribution in [2.75, 3.05) is 13.2 Å². The molecule has 2 aromatic heterocycles. The fourth-order valence-electron chi connectivity index (χ4n) is 2.30. The molecule has 7 nitrogen and oxygen atoms in total. The molecule has 0 aliphatic rings. The summed E-state index contributed by atoms with van der Waals surface area (Å²) in [7, 11) is 1.82. The van der Waals surface area contributed by atoms with Crippen LogP contribution in [0.1, 0.15) is 16.1 Å². The Morgan fingerprint density at radius 2 is 2.31 bits per heavy atom. The molecule has 0 fully saturated rings. The summed E-state index contributed by atoms with van der Waals surface area (Å²) >= 11 is 1.37. The monoisotopic (exact) mass is 372 g/mol. The molecular weight excluding hydrogens is 352 g/mol. The lowest BCUT2D eigenvalue weighted by Gasteiger charge is -2.13. The van der Waals surface area contributed by atoms with Gasteiger partial charge in [-0.05, 0) is 24.6 Å². The van der Waals surface area contributed by atoms with Crippen molar-refractivity contribution in [3.8, 4) is 16.3 Å². The SMILES string of the molecule is Cc1cccc(OC[C@H](O)CNC(=O)c2csc(-c3cnn(C)c3)n2)c1. The maximum atomic E-state index is 12.2. The molecule has 26 heavy (non-hydrogen) atoms. The Kier molecular flexibility index (Phi) is 5.65. The number of rotatable bonds is 7. The number of carbonyl (C=O) groups is 1. The van der Waals surface area contributed by atoms with Gasteiger partial charge in [-0.25, -0.2) is 4.98 Å². The van der Waals surface area contributed by atoms with Gasteiger partial charge in [0.25, 0.3) is 5.91 Å². The molecule has 1 aromatic carbocycles. The minimum absolute atomic E-state index is 0.0877. The molecule has 0 spiro atoms. The lowest BCUT2D eigenvalue weighted by atomic mass is 10.2. The van der Waals surface area contributed by atoms with Crippen molar-refractivity contribution in [3.05, 3.63) is 53.3 Å². The van der Waals surface area contributed by atoms with Crippen LogP contribution in [0.2, 0.25) is 0 Å². The fourth-order valence-corrected chi connectivity index (χ4v) is 3.08. The average molecular weight is 372 g/mol. The summed E-state index contributed by atoms with van der Waals surface area (Å²) in [5.41, 5.74) is 2.27. The number of aliphatic hydroxyl groups is 1. The first-order chi connectivity index (χ1) is 12.5. The number of ether oxygens (including phenoxy) is 1. The smallest absolute Gasteiger partial charge is 0.270 e. The number of carbonyl (C=O) groups excluding carboxylic acids is 1. The van der Waals surface area contributed by atoms with Crippen molar-refractivity contribution in [2.24, 2.45) is 7.05 Å². The zero-order chi connectivity index (χ0) is 18.5. The van der Waals surface area contributed by atoms with Crippen LogP contribution in [0.5, 0.6) is 5.75 Å². The number of aliphatic hydroxyl groups excluding tert-OH is 1. The summed E-state index contributed by atoms with van der Waals surface area (Å²) in [6, 6.07) is 7.58. The van der Waals surface area contributed by atoms with E-state index in [0.29, 0.717) is 11.4 Å². The zero-order valence-electron chi connectivity index (χ0n) is 14.5. The number of aromatic nitrogens is 3. The van der Waals surface area contributed by atoms with E-state index in [0.717, 1.165) is 16.1 Å². The van der Waals surface area contributed by atoms with E-state index in [1.807, 2.05) is 44.4 Å². The number of aryl methyl sites for hydroxylation is 2. The van der Waals surface area contributed by atoms with E-state index >= 15 is 0 Å². The largest absolute Gasteiger partial charge is 0.491 e. The van der Waals surface area contributed by atoms with Gasteiger partial charge >= 0.3 is 0 Å². The maximum Gasteiger partial charge on any atom is 0.270 e. The first kappa shape index (κ1) is 18.1. The van der Waals surface area contributed by atoms with Crippen LogP contribution < -0.4 is 10.1 Å². The molecule has 2 heterocycles. The lowest BCUT2D eigenvalue weighted by Crippen LogP contribution is -2.35. The van der Waals surface area contributed by atoms with Gasteiger partial charge in [0, 0.05) is 30.7 Å². The van der Waals surface area contributed by atoms with Crippen LogP contribution in [-0.4, -0.2) is 45.0 Å². The summed E-state index contributed by atoms with van der Waals surface area (Å²) in [6.45, 7) is 2.16. The normalized spacial score (nSPS) is 12.0. The molecule has 136 valence electrons. The highest BCUT2D eigenvalue weighted by molar-refractivity contribution is 7.13. The number of nitrogens with zero attached hydrogens (tertiary/aromatic N) is 3. The van der Waals surface area contributed by atoms with Crippen LogP contribution in [-0.2, 0) is 7.05 Å². The van der Waals surface area contributed by atoms with Crippen LogP contribution in [0, 0.1) is 6.92 Å². The molecule has 8 heteroatoms. The van der Waals surface area contributed by atoms with E-state index in [9.17, 15) is 9.90 Å². The van der Waals surface area contributed by atoms with Gasteiger partial charge in [-0.1, -0.05) is 12.1 Å². The molecule has 0 radical (unpaired) electrons. The second-order valence-electron chi connectivity index (χ2n) is 5.93. The highest BCUT2D eigenvalue weighted by Gasteiger charge is 2.14. The molecule has 0 aliphatic heterocycles. The Bertz CT molecular complexity index is 890. The standard InChI is InChI=1S/C18H20N4O3S/c1-12-4-3-5-15(6-12)25-10-14(23)8-19-17(24)16-11-26-18(21-16)13-7-20-22(2)9-13/h3-7,9,11,14,23H,8,10H2,1-2H3,(H,19,24)/t14-/m1/s1. The van der Waals surface area contributed by atoms with Crippen LogP contribution >= 0.6 is 11.3 Å². The quantitative estimate of drug-likeness (QED) is 0.662. The number of nitrogens with one attached hydrogen (secondary N) is 1. The van der Waals surface area contributed by atoms with Gasteiger partial charge in [-0.2, -0.15) is 5.10 Å². The number of thiazole rings is 1. The number of hydrogen-bond acceptors (Lipinski definition) is 6. The number of hydrogen-bond donors (Lipinski definition) is 2. The third kappa shape index (κ3) is 4.68. The van der Waals surface area contributed by atoms with E-state index in [2.05, 4.69) is 15.4 Å². The Hall–Kier alpha value is -2.71. The molecule has 0 bridgehead atoms. The van der Waals surface area contributed by atoms with Crippen molar-refractivity contribution in [3.63, 3.8) is 0 Å². The summed E-state index contributed by atoms with van der Waals surface area (Å²) in [6.07, 6.45) is 2.73. The summed E-state index contributed by atoms with van der Waals surface area (Å²) in [4.78, 5) is 16.5. The highest BCUT2D eigenvalue weighted by Crippen LogP contribution is 2.22. The lowest BCUT2D eigenvalue weighted by molar-refractivity contribution is 0.0840. The highest BCUT2D eigenvalue weighted by atomic mass is 32.1. The van der Waals surface area contributed by atoms with Gasteiger partial charge in [0.15, 0.2) is 0 Å². The Morgan fingerprint density at radius 3 is 3.04 bits per heavy atom. The van der Waals surface area contributed by atoms with Gasteiger partial charge in [-0.3, -0.25) is 9.48 Å². The van der Waals surface area contributed by atoms with E-state index in [-0.39, 0.29) is 19.1 Å². The van der Waals surface area contributed by atoms with E-state index < -0.39 is 6.10 Å². The van der Waals surface area contributed by atoms with Crippen molar-refractivity contribution in [1.82, 2.24) is 20.1 Å².